The molecule has 0 unspecified atom stereocenters. The molecule has 0 bridgehead atoms. The van der Waals surface area contributed by atoms with Crippen LogP contribution in [-0.2, 0) is 4.84 Å². The molecule has 1 N–H and O–H groups in total. The minimum Gasteiger partial charge on any atom is -0.323 e. The van der Waals surface area contributed by atoms with Crippen LogP contribution in [0.15, 0.2) is 10.1 Å². The maximum atomic E-state index is 10.7. The Hall–Kier alpha value is -1.04. The molecule has 0 saturated heterocycles. The highest BCUT2D eigenvalue weighted by Gasteiger charge is 2.29. The van der Waals surface area contributed by atoms with Crippen LogP contribution in [0.2, 0.25) is 0 Å². The predicted octanol–water partition coefficient (Wildman–Crippen LogP) is 1.60. The van der Waals surface area contributed by atoms with Gasteiger partial charge in [-0.15, -0.1) is 0 Å². The van der Waals surface area contributed by atoms with E-state index in [0.29, 0.717) is 5.04 Å². The van der Waals surface area contributed by atoms with Crippen molar-refractivity contribution in [3.8, 4) is 0 Å². The molecule has 0 aromatic rings. The molecule has 0 radical (unpaired) electrons. The molecular formula is C8H13N3O2S. The summed E-state index contributed by atoms with van der Waals surface area (Å²) in [5, 5.41) is 6.67. The Morgan fingerprint density at radius 2 is 2.29 bits per heavy atom. The SMILES string of the molecule is CNC(=O)ON=C1SC(C)(C)N=C1C. The lowest BCUT2D eigenvalue weighted by molar-refractivity contribution is 0.154. The van der Waals surface area contributed by atoms with Gasteiger partial charge in [0.05, 0.1) is 5.71 Å². The van der Waals surface area contributed by atoms with E-state index in [0.717, 1.165) is 5.71 Å². The number of nitrogens with zero attached hydrogens (tertiary/aromatic N) is 2. The molecule has 1 aliphatic heterocycles. The fourth-order valence-electron chi connectivity index (χ4n) is 0.998. The first-order chi connectivity index (χ1) is 6.44. The van der Waals surface area contributed by atoms with Crippen LogP contribution in [0.25, 0.3) is 0 Å². The fraction of sp³-hybridized carbons (Fsp3) is 0.625. The van der Waals surface area contributed by atoms with Crippen LogP contribution in [0, 0.1) is 0 Å². The lowest BCUT2D eigenvalue weighted by atomic mass is 10.4. The number of nitrogens with one attached hydrogen (secondary N) is 1. The third kappa shape index (κ3) is 2.73. The summed E-state index contributed by atoms with van der Waals surface area (Å²) >= 11 is 1.47. The summed E-state index contributed by atoms with van der Waals surface area (Å²) in [5.74, 6) is 0. The maximum Gasteiger partial charge on any atom is 0.433 e. The molecule has 0 aliphatic carbocycles. The van der Waals surface area contributed by atoms with Gasteiger partial charge in [0.2, 0.25) is 0 Å². The number of aliphatic imine (C=N–C) groups is 1. The van der Waals surface area contributed by atoms with Crippen molar-refractivity contribution < 1.29 is 9.63 Å². The van der Waals surface area contributed by atoms with E-state index < -0.39 is 6.09 Å². The van der Waals surface area contributed by atoms with E-state index in [2.05, 4.69) is 20.3 Å². The summed E-state index contributed by atoms with van der Waals surface area (Å²) in [6.07, 6.45) is -0.574. The summed E-state index contributed by atoms with van der Waals surface area (Å²) in [4.78, 5) is 19.5. The van der Waals surface area contributed by atoms with Crippen LogP contribution >= 0.6 is 11.8 Å². The van der Waals surface area contributed by atoms with Crippen molar-refractivity contribution in [2.75, 3.05) is 7.05 Å². The van der Waals surface area contributed by atoms with Gasteiger partial charge in [-0.2, -0.15) is 0 Å². The monoisotopic (exact) mass is 215 g/mol. The second-order valence-corrected chi connectivity index (χ2v) is 4.86. The second kappa shape index (κ2) is 4.00. The number of carbonyl (C=O) groups is 1. The van der Waals surface area contributed by atoms with Gasteiger partial charge in [0.25, 0.3) is 0 Å². The Morgan fingerprint density at radius 1 is 1.64 bits per heavy atom. The number of hydrogen-bond donors (Lipinski definition) is 1. The molecule has 14 heavy (non-hydrogen) atoms. The van der Waals surface area contributed by atoms with Gasteiger partial charge in [-0.3, -0.25) is 9.83 Å². The van der Waals surface area contributed by atoms with Gasteiger partial charge in [-0.25, -0.2) is 4.79 Å². The minimum absolute atomic E-state index is 0.213. The molecule has 0 fully saturated rings. The van der Waals surface area contributed by atoms with Crippen LogP contribution < -0.4 is 5.32 Å². The largest absolute Gasteiger partial charge is 0.433 e. The van der Waals surface area contributed by atoms with E-state index >= 15 is 0 Å². The summed E-state index contributed by atoms with van der Waals surface area (Å²) in [6.45, 7) is 5.79. The van der Waals surface area contributed by atoms with Gasteiger partial charge in [0.15, 0.2) is 5.04 Å². The zero-order chi connectivity index (χ0) is 10.8. The number of amides is 1. The third-order valence-electron chi connectivity index (χ3n) is 1.51. The average molecular weight is 215 g/mol. The van der Waals surface area contributed by atoms with E-state index in [4.69, 9.17) is 0 Å². The van der Waals surface area contributed by atoms with E-state index in [-0.39, 0.29) is 4.87 Å². The lowest BCUT2D eigenvalue weighted by Gasteiger charge is -2.09. The Bertz CT molecular complexity index is 310. The van der Waals surface area contributed by atoms with Crippen molar-refractivity contribution in [1.29, 1.82) is 0 Å². The Kier molecular flexibility index (Phi) is 3.15. The van der Waals surface area contributed by atoms with Crippen molar-refractivity contribution in [1.82, 2.24) is 5.32 Å². The van der Waals surface area contributed by atoms with Gasteiger partial charge in [-0.1, -0.05) is 16.9 Å². The van der Waals surface area contributed by atoms with Gasteiger partial charge in [0.1, 0.15) is 4.87 Å². The molecule has 6 heteroatoms. The van der Waals surface area contributed by atoms with Crippen LogP contribution in [0.1, 0.15) is 20.8 Å². The number of rotatable bonds is 1. The highest BCUT2D eigenvalue weighted by atomic mass is 32.2. The normalized spacial score (nSPS) is 22.0. The highest BCUT2D eigenvalue weighted by molar-refractivity contribution is 8.17. The first-order valence-corrected chi connectivity index (χ1v) is 4.99. The van der Waals surface area contributed by atoms with E-state index in [1.807, 2.05) is 20.8 Å². The smallest absolute Gasteiger partial charge is 0.323 e. The molecule has 1 rings (SSSR count). The summed E-state index contributed by atoms with van der Waals surface area (Å²) < 4.78 is 0. The summed E-state index contributed by atoms with van der Waals surface area (Å²) in [5.41, 5.74) is 0.795. The van der Waals surface area contributed by atoms with E-state index in [1.54, 1.807) is 0 Å². The van der Waals surface area contributed by atoms with E-state index in [1.165, 1.54) is 18.8 Å². The minimum atomic E-state index is -0.574. The molecule has 0 aromatic carbocycles. The zero-order valence-electron chi connectivity index (χ0n) is 8.62. The zero-order valence-corrected chi connectivity index (χ0v) is 9.44. The predicted molar refractivity (Wildman–Crippen MR) is 57.8 cm³/mol. The number of thioether (sulfide) groups is 1. The van der Waals surface area contributed by atoms with Gasteiger partial charge < -0.3 is 5.32 Å². The quantitative estimate of drug-likeness (QED) is 0.533. The van der Waals surface area contributed by atoms with Crippen molar-refractivity contribution in [2.45, 2.75) is 25.6 Å². The van der Waals surface area contributed by atoms with Crippen LogP contribution in [0.3, 0.4) is 0 Å². The molecular weight excluding hydrogens is 202 g/mol. The summed E-state index contributed by atoms with van der Waals surface area (Å²) in [6, 6.07) is 0. The first-order valence-electron chi connectivity index (χ1n) is 4.17. The molecule has 1 heterocycles. The molecule has 5 nitrogen and oxygen atoms in total. The molecule has 1 aliphatic rings. The Morgan fingerprint density at radius 3 is 2.71 bits per heavy atom. The van der Waals surface area contributed by atoms with Gasteiger partial charge in [-0.05, 0) is 20.8 Å². The van der Waals surface area contributed by atoms with Gasteiger partial charge in [0, 0.05) is 7.05 Å². The van der Waals surface area contributed by atoms with E-state index in [9.17, 15) is 4.79 Å². The van der Waals surface area contributed by atoms with Crippen molar-refractivity contribution >= 4 is 28.6 Å². The summed E-state index contributed by atoms with van der Waals surface area (Å²) in [7, 11) is 1.48. The number of carbonyl (C=O) groups excluding carboxylic acids is 1. The molecule has 0 aromatic heterocycles. The topological polar surface area (TPSA) is 63.0 Å². The molecule has 1 amide bonds. The Labute approximate surface area is 87.0 Å². The third-order valence-corrected chi connectivity index (χ3v) is 2.66. The van der Waals surface area contributed by atoms with Gasteiger partial charge >= 0.3 is 6.09 Å². The molecule has 0 spiro atoms. The molecule has 78 valence electrons. The fourth-order valence-corrected chi connectivity index (χ4v) is 1.92. The van der Waals surface area contributed by atoms with Crippen LogP contribution in [-0.4, -0.2) is 28.8 Å². The van der Waals surface area contributed by atoms with Crippen LogP contribution in [0.4, 0.5) is 4.79 Å². The Balaban J connectivity index is 2.65. The number of oxime groups is 1. The van der Waals surface area contributed by atoms with Crippen molar-refractivity contribution in [3.05, 3.63) is 0 Å². The number of hydrogen-bond acceptors (Lipinski definition) is 5. The maximum absolute atomic E-state index is 10.7. The highest BCUT2D eigenvalue weighted by Crippen LogP contribution is 2.33. The van der Waals surface area contributed by atoms with Crippen molar-refractivity contribution in [3.63, 3.8) is 0 Å². The molecule has 0 saturated carbocycles. The first kappa shape index (κ1) is 11.0. The molecule has 0 atom stereocenters. The standard InChI is InChI=1S/C8H13N3O2S/c1-5-6(11-13-7(12)9-4)14-8(2,3)10-5/h1-4H3,(H,9,12). The lowest BCUT2D eigenvalue weighted by Crippen LogP contribution is -2.18. The second-order valence-electron chi connectivity index (χ2n) is 3.27. The van der Waals surface area contributed by atoms with Crippen molar-refractivity contribution in [2.24, 2.45) is 10.1 Å². The average Bonchev–Trinajstić information content (AvgIpc) is 2.35. The van der Waals surface area contributed by atoms with Crippen LogP contribution in [0.5, 0.6) is 0 Å².